The summed E-state index contributed by atoms with van der Waals surface area (Å²) in [6.45, 7) is 20.8. The summed E-state index contributed by atoms with van der Waals surface area (Å²) < 4.78 is 25.7. The number of hydrogen-bond acceptors (Lipinski definition) is 10. The molecule has 4 aliphatic carbocycles. The van der Waals surface area contributed by atoms with E-state index in [1.54, 1.807) is 0 Å². The number of unbranched alkanes of at least 4 members (excludes halogenated alkanes) is 1. The first-order chi connectivity index (χ1) is 29.9. The quantitative estimate of drug-likeness (QED) is 0.0284. The molecule has 3 N–H and O–H groups in total. The molecule has 4 unspecified atom stereocenters. The Hall–Kier alpha value is -3.00. The molecule has 17 nitrogen and oxygen atoms in total. The number of ether oxygens (including phenoxy) is 4. The van der Waals surface area contributed by atoms with E-state index in [1.807, 2.05) is 20.8 Å². The fourth-order valence-electron chi connectivity index (χ4n) is 12.1. The number of nitrogens with one attached hydrogen (secondary N) is 3. The van der Waals surface area contributed by atoms with Gasteiger partial charge >= 0.3 is 6.09 Å². The van der Waals surface area contributed by atoms with Crippen LogP contribution in [0.25, 0.3) is 31.3 Å². The van der Waals surface area contributed by atoms with Crippen molar-refractivity contribution in [1.29, 1.82) is 0 Å². The van der Waals surface area contributed by atoms with Crippen LogP contribution in [0.1, 0.15) is 138 Å². The number of amides is 1. The van der Waals surface area contributed by atoms with Crippen LogP contribution in [0.4, 0.5) is 4.79 Å². The Morgan fingerprint density at radius 2 is 1.32 bits per heavy atom. The molecule has 0 spiro atoms. The van der Waals surface area contributed by atoms with E-state index in [1.165, 1.54) is 19.3 Å². The van der Waals surface area contributed by atoms with Crippen LogP contribution in [0.15, 0.2) is 15.3 Å². The fraction of sp³-hybridized carbons (Fsp3) is 0.978. The monoisotopic (exact) mass is 871 g/mol. The maximum absolute atomic E-state index is 11.8. The number of fused-ring (bicyclic) bond motifs is 5. The summed E-state index contributed by atoms with van der Waals surface area (Å²) in [5.41, 5.74) is 26.2. The molecule has 0 heterocycles. The molecule has 0 aromatic carbocycles. The predicted molar refractivity (Wildman–Crippen MR) is 243 cm³/mol. The minimum atomic E-state index is -0.477. The van der Waals surface area contributed by atoms with Crippen molar-refractivity contribution < 1.29 is 23.7 Å². The van der Waals surface area contributed by atoms with E-state index in [0.29, 0.717) is 81.5 Å². The van der Waals surface area contributed by atoms with Crippen LogP contribution in [0.5, 0.6) is 0 Å². The third kappa shape index (κ3) is 15.3. The molecule has 62 heavy (non-hydrogen) atoms. The molecule has 0 aromatic rings. The second-order valence-electron chi connectivity index (χ2n) is 20.1. The lowest BCUT2D eigenvalue weighted by Gasteiger charge is -2.65. The Bertz CT molecular complexity index is 1480. The molecular formula is C45H82N12O5. The van der Waals surface area contributed by atoms with Gasteiger partial charge in [-0.3, -0.25) is 0 Å². The van der Waals surface area contributed by atoms with Gasteiger partial charge < -0.3 is 34.9 Å². The molecule has 0 saturated heterocycles. The van der Waals surface area contributed by atoms with Crippen LogP contribution in [-0.4, -0.2) is 102 Å². The van der Waals surface area contributed by atoms with Crippen LogP contribution in [0.2, 0.25) is 0 Å². The molecule has 0 aliphatic heterocycles. The fourth-order valence-corrected chi connectivity index (χ4v) is 12.1. The second kappa shape index (κ2) is 26.7. The summed E-state index contributed by atoms with van der Waals surface area (Å²) in [4.78, 5) is 20.6. The van der Waals surface area contributed by atoms with Gasteiger partial charge in [-0.25, -0.2) is 4.79 Å². The molecule has 11 atom stereocenters. The zero-order chi connectivity index (χ0) is 44.9. The first-order valence-corrected chi connectivity index (χ1v) is 24.1. The van der Waals surface area contributed by atoms with Gasteiger partial charge in [0.05, 0.1) is 18.3 Å². The Kier molecular flexibility index (Phi) is 22.2. The van der Waals surface area contributed by atoms with E-state index >= 15 is 0 Å². The van der Waals surface area contributed by atoms with Crippen LogP contribution < -0.4 is 16.0 Å². The average Bonchev–Trinajstić information content (AvgIpc) is 3.59. The smallest absolute Gasteiger partial charge is 0.407 e. The molecule has 1 amide bonds. The molecule has 4 saturated carbocycles. The Morgan fingerprint density at radius 3 is 1.95 bits per heavy atom. The van der Waals surface area contributed by atoms with Crippen molar-refractivity contribution in [3.05, 3.63) is 31.3 Å². The van der Waals surface area contributed by atoms with E-state index in [0.717, 1.165) is 103 Å². The minimum Gasteiger partial charge on any atom is -0.444 e. The molecule has 17 heteroatoms. The van der Waals surface area contributed by atoms with Crippen molar-refractivity contribution in [2.45, 2.75) is 162 Å². The molecule has 4 fully saturated rings. The van der Waals surface area contributed by atoms with Crippen LogP contribution in [0, 0.1) is 46.3 Å². The maximum Gasteiger partial charge on any atom is 0.407 e. The Labute approximate surface area is 371 Å². The van der Waals surface area contributed by atoms with Gasteiger partial charge in [-0.1, -0.05) is 36.1 Å². The third-order valence-electron chi connectivity index (χ3n) is 15.0. The highest BCUT2D eigenvalue weighted by Crippen LogP contribution is 2.69. The number of hydrogen-bond donors (Lipinski definition) is 3. The maximum atomic E-state index is 11.8. The average molecular weight is 871 g/mol. The SMILES string of the molecule is C[C@H](CCCNCCCCNCCCNC(=O)OC(C)(C)C)C1CC[C@H]2C3[C@H](OCCCN=[N+]=[N-])CC4C[C@H](OCCCN=[N+]=[N-])CC[C@]4(C)[C@H]3CC(OCCCN=[N+]=[N-])[C@]12C. The molecule has 4 rings (SSSR count). The molecule has 4 aliphatic rings. The number of carbonyl (C=O) groups is 1. The van der Waals surface area contributed by atoms with E-state index in [4.69, 9.17) is 35.5 Å². The topological polar surface area (TPSA) is 236 Å². The van der Waals surface area contributed by atoms with Crippen molar-refractivity contribution in [2.75, 3.05) is 72.2 Å². The van der Waals surface area contributed by atoms with E-state index in [-0.39, 0.29) is 35.2 Å². The van der Waals surface area contributed by atoms with Gasteiger partial charge in [0.2, 0.25) is 0 Å². The van der Waals surface area contributed by atoms with Crippen molar-refractivity contribution >= 4 is 6.09 Å². The number of carbonyl (C=O) groups excluding carboxylic acids is 1. The lowest BCUT2D eigenvalue weighted by molar-refractivity contribution is -0.227. The van der Waals surface area contributed by atoms with Crippen LogP contribution in [-0.2, 0) is 18.9 Å². The molecule has 352 valence electrons. The number of alkyl carbamates (subject to hydrolysis) is 1. The van der Waals surface area contributed by atoms with E-state index in [2.05, 4.69) is 66.8 Å². The summed E-state index contributed by atoms with van der Waals surface area (Å²) in [6.07, 6.45) is 15.3. The Morgan fingerprint density at radius 1 is 0.726 bits per heavy atom. The van der Waals surface area contributed by atoms with Gasteiger partial charge in [-0.2, -0.15) is 0 Å². The van der Waals surface area contributed by atoms with Gasteiger partial charge in [-0.15, -0.1) is 0 Å². The van der Waals surface area contributed by atoms with Crippen molar-refractivity contribution in [2.24, 2.45) is 61.7 Å². The highest BCUT2D eigenvalue weighted by atomic mass is 16.6. The highest BCUT2D eigenvalue weighted by Gasteiger charge is 2.66. The van der Waals surface area contributed by atoms with Crippen LogP contribution in [0.3, 0.4) is 0 Å². The second-order valence-corrected chi connectivity index (χ2v) is 20.1. The van der Waals surface area contributed by atoms with Crippen molar-refractivity contribution in [3.8, 4) is 0 Å². The van der Waals surface area contributed by atoms with Gasteiger partial charge in [0.15, 0.2) is 0 Å². The largest absolute Gasteiger partial charge is 0.444 e. The number of rotatable bonds is 29. The van der Waals surface area contributed by atoms with Crippen molar-refractivity contribution in [1.82, 2.24) is 16.0 Å². The predicted octanol–water partition coefficient (Wildman–Crippen LogP) is 10.4. The summed E-state index contributed by atoms with van der Waals surface area (Å²) in [7, 11) is 0. The van der Waals surface area contributed by atoms with Gasteiger partial charge in [0.25, 0.3) is 0 Å². The summed E-state index contributed by atoms with van der Waals surface area (Å²) in [5.74, 6) is 2.96. The Balaban J connectivity index is 1.34. The highest BCUT2D eigenvalue weighted by molar-refractivity contribution is 5.67. The van der Waals surface area contributed by atoms with Crippen molar-refractivity contribution in [3.63, 3.8) is 0 Å². The van der Waals surface area contributed by atoms with Crippen LogP contribution >= 0.6 is 0 Å². The summed E-state index contributed by atoms with van der Waals surface area (Å²) in [5, 5.41) is 21.3. The molecule has 0 radical (unpaired) electrons. The van der Waals surface area contributed by atoms with Gasteiger partial charge in [0, 0.05) is 66.1 Å². The first-order valence-electron chi connectivity index (χ1n) is 24.1. The molecular weight excluding hydrogens is 789 g/mol. The molecule has 0 bridgehead atoms. The first kappa shape index (κ1) is 51.6. The molecule has 0 aromatic heterocycles. The number of azide groups is 3. The van der Waals surface area contributed by atoms with E-state index in [9.17, 15) is 4.79 Å². The number of nitrogens with zero attached hydrogens (tertiary/aromatic N) is 9. The summed E-state index contributed by atoms with van der Waals surface area (Å²) >= 11 is 0. The lowest BCUT2D eigenvalue weighted by atomic mass is 9.43. The van der Waals surface area contributed by atoms with Gasteiger partial charge in [0.1, 0.15) is 5.60 Å². The standard InChI is InChI=1S/C45H82N12O5/c1-33(14-9-21-49-19-7-8-20-50-22-10-23-51-42(58)62-43(2,3)4)36-15-16-37-41-38(32-40(45(36,37)6)61-29-13-26-54-57-48)44(5)18-17-35(59-27-11-24-52-55-46)30-34(44)31-39(41)60-28-12-25-53-56-47/h33-41,49-50H,7-32H2,1-6H3,(H,51,58)/t33-,34?,35-,36?,37+,38+,39-,40?,41?,44+,45-/m1/s1. The summed E-state index contributed by atoms with van der Waals surface area (Å²) in [6, 6.07) is 0. The van der Waals surface area contributed by atoms with E-state index < -0.39 is 5.60 Å². The zero-order valence-corrected chi connectivity index (χ0v) is 39.1. The third-order valence-corrected chi connectivity index (χ3v) is 15.0. The zero-order valence-electron chi connectivity index (χ0n) is 39.1. The van der Waals surface area contributed by atoms with Gasteiger partial charge in [-0.05, 0) is 201 Å². The minimum absolute atomic E-state index is 0.00737. The normalized spacial score (nSPS) is 30.7. The lowest BCUT2D eigenvalue weighted by Crippen LogP contribution is -2.63.